The molecule has 0 radical (unpaired) electrons. The number of carboxylic acid groups (broad SMARTS) is 1. The lowest BCUT2D eigenvalue weighted by Crippen LogP contribution is -2.53. The highest BCUT2D eigenvalue weighted by molar-refractivity contribution is 5.70. The molecule has 1 aromatic rings. The van der Waals surface area contributed by atoms with Crippen molar-refractivity contribution >= 4 is 11.7 Å². The Bertz CT molecular complexity index is 395. The van der Waals surface area contributed by atoms with Crippen LogP contribution < -0.4 is 4.65 Å². The van der Waals surface area contributed by atoms with Gasteiger partial charge in [-0.05, 0) is 5.56 Å². The zero-order valence-corrected chi connectivity index (χ0v) is 9.50. The van der Waals surface area contributed by atoms with E-state index in [-0.39, 0.29) is 11.1 Å². The maximum absolute atomic E-state index is 10.5. The van der Waals surface area contributed by atoms with Gasteiger partial charge in [0.05, 0.1) is 19.6 Å². The number of ether oxygens (including phenoxy) is 1. The molecular weight excluding hydrogens is 222 g/mol. The number of hydrogen-bond donors (Lipinski definition) is 2. The van der Waals surface area contributed by atoms with Gasteiger partial charge in [-0.1, -0.05) is 12.1 Å². The molecule has 17 heavy (non-hydrogen) atoms. The van der Waals surface area contributed by atoms with Crippen molar-refractivity contribution in [1.82, 2.24) is 4.65 Å². The van der Waals surface area contributed by atoms with Crippen LogP contribution in [-0.4, -0.2) is 42.6 Å². The zero-order chi connectivity index (χ0) is 12.3. The molecule has 0 saturated carbocycles. The number of carboxylic acids is 1. The van der Waals surface area contributed by atoms with Crippen LogP contribution in [0.1, 0.15) is 5.56 Å². The van der Waals surface area contributed by atoms with Crippen molar-refractivity contribution in [2.24, 2.45) is 0 Å². The van der Waals surface area contributed by atoms with Crippen LogP contribution in [-0.2, 0) is 16.0 Å². The molecule has 5 nitrogen and oxygen atoms in total. The normalized spacial score (nSPS) is 18.9. The highest BCUT2D eigenvalue weighted by atomic mass is 16.6. The first-order valence-corrected chi connectivity index (χ1v) is 5.59. The van der Waals surface area contributed by atoms with Gasteiger partial charge >= 0.3 is 5.97 Å². The summed E-state index contributed by atoms with van der Waals surface area (Å²) in [6, 6.07) is 7.05. The number of quaternary nitrogens is 1. The van der Waals surface area contributed by atoms with E-state index < -0.39 is 5.97 Å². The van der Waals surface area contributed by atoms with Gasteiger partial charge in [-0.25, -0.2) is 5.21 Å². The molecule has 1 aliphatic heterocycles. The Morgan fingerprint density at radius 1 is 1.24 bits per heavy atom. The summed E-state index contributed by atoms with van der Waals surface area (Å²) >= 11 is 0. The first kappa shape index (κ1) is 12.0. The van der Waals surface area contributed by atoms with Crippen LogP contribution in [0.2, 0.25) is 0 Å². The van der Waals surface area contributed by atoms with Gasteiger partial charge in [0, 0.05) is 12.1 Å². The van der Waals surface area contributed by atoms with Crippen LogP contribution >= 0.6 is 0 Å². The lowest BCUT2D eigenvalue weighted by molar-refractivity contribution is -0.136. The maximum atomic E-state index is 10.5. The average molecular weight is 238 g/mol. The van der Waals surface area contributed by atoms with Crippen molar-refractivity contribution in [2.45, 2.75) is 6.42 Å². The van der Waals surface area contributed by atoms with Gasteiger partial charge in [-0.3, -0.25) is 4.79 Å². The fraction of sp³-hybridized carbons (Fsp3) is 0.417. The molecule has 0 unspecified atom stereocenters. The van der Waals surface area contributed by atoms with Gasteiger partial charge in [0.15, 0.2) is 5.69 Å². The number of benzene rings is 1. The molecule has 0 amide bonds. The van der Waals surface area contributed by atoms with Crippen LogP contribution in [0, 0.1) is 0 Å². The number of hydrogen-bond acceptors (Lipinski definition) is 3. The molecule has 1 aromatic carbocycles. The minimum Gasteiger partial charge on any atom is -0.481 e. The summed E-state index contributed by atoms with van der Waals surface area (Å²) in [6.45, 7) is 2.12. The monoisotopic (exact) mass is 238 g/mol. The molecule has 0 atom stereocenters. The Kier molecular flexibility index (Phi) is 3.42. The largest absolute Gasteiger partial charge is 0.481 e. The van der Waals surface area contributed by atoms with E-state index in [0.29, 0.717) is 26.3 Å². The lowest BCUT2D eigenvalue weighted by Gasteiger charge is -2.32. The summed E-state index contributed by atoms with van der Waals surface area (Å²) in [4.78, 5) is 10.5. The summed E-state index contributed by atoms with van der Waals surface area (Å²) in [5.74, 6) is -0.850. The van der Waals surface area contributed by atoms with Crippen molar-refractivity contribution < 1.29 is 19.8 Å². The molecule has 0 aromatic heterocycles. The van der Waals surface area contributed by atoms with Crippen LogP contribution in [0.15, 0.2) is 24.3 Å². The molecule has 2 N–H and O–H groups in total. The minimum absolute atomic E-state index is 0.00875. The smallest absolute Gasteiger partial charge is 0.307 e. The highest BCUT2D eigenvalue weighted by Gasteiger charge is 2.31. The first-order chi connectivity index (χ1) is 8.10. The molecule has 0 aliphatic carbocycles. The number of carbonyl (C=O) groups is 1. The van der Waals surface area contributed by atoms with Gasteiger partial charge < -0.3 is 9.84 Å². The van der Waals surface area contributed by atoms with E-state index in [0.717, 1.165) is 11.3 Å². The summed E-state index contributed by atoms with van der Waals surface area (Å²) < 4.78 is 5.08. The second-order valence-corrected chi connectivity index (χ2v) is 4.22. The molecule has 92 valence electrons. The summed E-state index contributed by atoms with van der Waals surface area (Å²) in [5, 5.41) is 19.0. The Morgan fingerprint density at radius 3 is 2.35 bits per heavy atom. The fourth-order valence-electron chi connectivity index (χ4n) is 1.97. The molecule has 0 bridgehead atoms. The molecule has 0 spiro atoms. The van der Waals surface area contributed by atoms with Crippen molar-refractivity contribution in [3.8, 4) is 0 Å². The van der Waals surface area contributed by atoms with Crippen molar-refractivity contribution in [3.05, 3.63) is 29.8 Å². The van der Waals surface area contributed by atoms with Crippen molar-refractivity contribution in [1.29, 1.82) is 0 Å². The predicted octanol–water partition coefficient (Wildman–Crippen LogP) is 1.04. The predicted molar refractivity (Wildman–Crippen MR) is 61.9 cm³/mol. The van der Waals surface area contributed by atoms with Crippen molar-refractivity contribution in [2.75, 3.05) is 26.3 Å². The zero-order valence-electron chi connectivity index (χ0n) is 9.50. The number of morpholine rings is 1. The Hall–Kier alpha value is -1.43. The van der Waals surface area contributed by atoms with Gasteiger partial charge in [0.2, 0.25) is 0 Å². The highest BCUT2D eigenvalue weighted by Crippen LogP contribution is 2.22. The summed E-state index contributed by atoms with van der Waals surface area (Å²) in [7, 11) is 0. The van der Waals surface area contributed by atoms with Crippen LogP contribution in [0.3, 0.4) is 0 Å². The van der Waals surface area contributed by atoms with Gasteiger partial charge in [-0.2, -0.15) is 0 Å². The molecule has 1 fully saturated rings. The Labute approximate surface area is 99.4 Å². The van der Waals surface area contributed by atoms with E-state index in [1.165, 1.54) is 0 Å². The van der Waals surface area contributed by atoms with Gasteiger partial charge in [0.1, 0.15) is 13.1 Å². The van der Waals surface area contributed by atoms with Crippen LogP contribution in [0.4, 0.5) is 5.69 Å². The van der Waals surface area contributed by atoms with E-state index in [1.807, 2.05) is 0 Å². The summed E-state index contributed by atoms with van der Waals surface area (Å²) in [6.07, 6.45) is 0.00875. The third-order valence-electron chi connectivity index (χ3n) is 2.98. The van der Waals surface area contributed by atoms with E-state index >= 15 is 0 Å². The molecule has 5 heteroatoms. The second kappa shape index (κ2) is 4.83. The fourth-order valence-corrected chi connectivity index (χ4v) is 1.97. The number of hydroxylamine groups is 2. The number of rotatable bonds is 3. The maximum Gasteiger partial charge on any atom is 0.307 e. The third kappa shape index (κ3) is 2.82. The number of aliphatic carboxylic acids is 1. The SMILES string of the molecule is O=C(O)Cc1ccc([N+]2(O)CCOCC2)cc1. The Balaban J connectivity index is 2.13. The lowest BCUT2D eigenvalue weighted by atomic mass is 10.1. The van der Waals surface area contributed by atoms with Gasteiger partial charge in [-0.15, -0.1) is 4.65 Å². The Morgan fingerprint density at radius 2 is 1.82 bits per heavy atom. The standard InChI is InChI=1S/C12H15NO4/c14-12(15)9-10-1-3-11(4-2-10)13(16)5-7-17-8-6-13/h1-4,16H,5-9H2/p+1. The number of nitrogens with zero attached hydrogens (tertiary/aromatic N) is 1. The minimum atomic E-state index is -0.850. The molecule has 1 saturated heterocycles. The first-order valence-electron chi connectivity index (χ1n) is 5.59. The molecule has 2 rings (SSSR count). The van der Waals surface area contributed by atoms with Crippen molar-refractivity contribution in [3.63, 3.8) is 0 Å². The molecule has 1 aliphatic rings. The third-order valence-corrected chi connectivity index (χ3v) is 2.98. The van der Waals surface area contributed by atoms with Gasteiger partial charge in [0.25, 0.3) is 0 Å². The van der Waals surface area contributed by atoms with E-state index in [1.54, 1.807) is 24.3 Å². The molecular formula is C12H16NO4+. The summed E-state index contributed by atoms with van der Waals surface area (Å²) in [5.41, 5.74) is 1.52. The van der Waals surface area contributed by atoms with Crippen LogP contribution in [0.25, 0.3) is 0 Å². The van der Waals surface area contributed by atoms with E-state index in [9.17, 15) is 10.0 Å². The quantitative estimate of drug-likeness (QED) is 0.772. The topological polar surface area (TPSA) is 66.8 Å². The van der Waals surface area contributed by atoms with Crippen LogP contribution in [0.5, 0.6) is 0 Å². The van der Waals surface area contributed by atoms with E-state index in [2.05, 4.69) is 0 Å². The van der Waals surface area contributed by atoms with E-state index in [4.69, 9.17) is 9.84 Å². The second-order valence-electron chi connectivity index (χ2n) is 4.22. The molecule has 1 heterocycles. The average Bonchev–Trinajstić information content (AvgIpc) is 2.30.